The van der Waals surface area contributed by atoms with Crippen molar-refractivity contribution in [3.8, 4) is 0 Å². The number of benzene rings is 2. The van der Waals surface area contributed by atoms with Crippen molar-refractivity contribution in [2.45, 2.75) is 17.6 Å². The molecule has 1 N–H and O–H groups in total. The summed E-state index contributed by atoms with van der Waals surface area (Å²) in [5.41, 5.74) is 2.85. The van der Waals surface area contributed by atoms with Crippen molar-refractivity contribution in [2.75, 3.05) is 13.2 Å². The minimum absolute atomic E-state index is 0.0221. The SMILES string of the molecule is OCCOCn1c(SCc2ccccc2)nc2cc(Cl)c(Cl)cc21. The maximum absolute atomic E-state index is 8.92. The zero-order chi connectivity index (χ0) is 16.9. The molecular weight excluding hydrogens is 367 g/mol. The van der Waals surface area contributed by atoms with E-state index in [2.05, 4.69) is 17.1 Å². The van der Waals surface area contributed by atoms with Gasteiger partial charge in [0.1, 0.15) is 6.73 Å². The lowest BCUT2D eigenvalue weighted by molar-refractivity contribution is 0.0461. The molecule has 0 bridgehead atoms. The standard InChI is InChI=1S/C17H16Cl2N2O2S/c18-13-8-15-16(9-14(13)19)21(11-23-7-6-22)17(20-15)24-10-12-4-2-1-3-5-12/h1-5,8-9,22H,6-7,10-11H2. The monoisotopic (exact) mass is 382 g/mol. The van der Waals surface area contributed by atoms with Crippen LogP contribution in [-0.4, -0.2) is 27.9 Å². The van der Waals surface area contributed by atoms with Gasteiger partial charge in [0, 0.05) is 5.75 Å². The van der Waals surface area contributed by atoms with Gasteiger partial charge in [-0.3, -0.25) is 4.57 Å². The number of aliphatic hydroxyl groups is 1. The molecule has 0 radical (unpaired) electrons. The van der Waals surface area contributed by atoms with Gasteiger partial charge in [0.05, 0.1) is 34.3 Å². The number of fused-ring (bicyclic) bond motifs is 1. The molecular formula is C17H16Cl2N2O2S. The number of hydrogen-bond acceptors (Lipinski definition) is 4. The predicted molar refractivity (Wildman–Crippen MR) is 98.8 cm³/mol. The largest absolute Gasteiger partial charge is 0.394 e. The van der Waals surface area contributed by atoms with Gasteiger partial charge in [-0.05, 0) is 17.7 Å². The molecule has 7 heteroatoms. The number of ether oxygens (including phenoxy) is 1. The molecule has 0 saturated heterocycles. The average molecular weight is 383 g/mol. The zero-order valence-electron chi connectivity index (χ0n) is 12.8. The number of rotatable bonds is 7. The molecule has 4 nitrogen and oxygen atoms in total. The second-order valence-electron chi connectivity index (χ2n) is 5.11. The molecule has 1 aromatic heterocycles. The quantitative estimate of drug-likeness (QED) is 0.479. The van der Waals surface area contributed by atoms with Crippen molar-refractivity contribution in [3.05, 3.63) is 58.1 Å². The summed E-state index contributed by atoms with van der Waals surface area (Å²) in [6.45, 7) is 0.543. The first-order valence-corrected chi connectivity index (χ1v) is 9.14. The smallest absolute Gasteiger partial charge is 0.171 e. The van der Waals surface area contributed by atoms with Gasteiger partial charge < -0.3 is 9.84 Å². The van der Waals surface area contributed by atoms with Crippen LogP contribution in [0, 0.1) is 0 Å². The van der Waals surface area contributed by atoms with E-state index in [4.69, 9.17) is 33.0 Å². The zero-order valence-corrected chi connectivity index (χ0v) is 15.1. The van der Waals surface area contributed by atoms with Gasteiger partial charge in [-0.25, -0.2) is 4.98 Å². The summed E-state index contributed by atoms with van der Waals surface area (Å²) in [6, 6.07) is 13.7. The van der Waals surface area contributed by atoms with E-state index >= 15 is 0 Å². The van der Waals surface area contributed by atoms with Crippen LogP contribution in [0.25, 0.3) is 11.0 Å². The van der Waals surface area contributed by atoms with Crippen molar-refractivity contribution in [2.24, 2.45) is 0 Å². The molecule has 1 heterocycles. The summed E-state index contributed by atoms with van der Waals surface area (Å²) in [4.78, 5) is 4.65. The number of nitrogens with zero attached hydrogens (tertiary/aromatic N) is 2. The van der Waals surface area contributed by atoms with E-state index in [0.29, 0.717) is 16.8 Å². The van der Waals surface area contributed by atoms with E-state index in [1.54, 1.807) is 23.9 Å². The second kappa shape index (κ2) is 8.23. The van der Waals surface area contributed by atoms with Crippen LogP contribution in [0.15, 0.2) is 47.6 Å². The maximum atomic E-state index is 8.92. The van der Waals surface area contributed by atoms with Gasteiger partial charge in [-0.15, -0.1) is 0 Å². The van der Waals surface area contributed by atoms with E-state index < -0.39 is 0 Å². The molecule has 0 atom stereocenters. The van der Waals surface area contributed by atoms with Gasteiger partial charge in [-0.1, -0.05) is 65.3 Å². The Balaban J connectivity index is 1.90. The topological polar surface area (TPSA) is 47.3 Å². The lowest BCUT2D eigenvalue weighted by atomic mass is 10.2. The highest BCUT2D eigenvalue weighted by Crippen LogP contribution is 2.32. The summed E-state index contributed by atoms with van der Waals surface area (Å²) in [5.74, 6) is 0.797. The Kier molecular flexibility index (Phi) is 6.03. The third-order valence-corrected chi connectivity index (χ3v) is 5.19. The highest BCUT2D eigenvalue weighted by molar-refractivity contribution is 7.98. The van der Waals surface area contributed by atoms with Gasteiger partial charge in [-0.2, -0.15) is 0 Å². The third-order valence-electron chi connectivity index (χ3n) is 3.42. The normalized spacial score (nSPS) is 11.3. The van der Waals surface area contributed by atoms with E-state index in [1.165, 1.54) is 5.56 Å². The Bertz CT molecular complexity index is 824. The average Bonchev–Trinajstić information content (AvgIpc) is 2.91. The van der Waals surface area contributed by atoms with Crippen molar-refractivity contribution < 1.29 is 9.84 Å². The number of imidazole rings is 1. The van der Waals surface area contributed by atoms with Crippen LogP contribution in [0.2, 0.25) is 10.0 Å². The van der Waals surface area contributed by atoms with Crippen molar-refractivity contribution in [1.29, 1.82) is 0 Å². The molecule has 0 saturated carbocycles. The van der Waals surface area contributed by atoms with Crippen molar-refractivity contribution in [1.82, 2.24) is 9.55 Å². The maximum Gasteiger partial charge on any atom is 0.171 e. The number of aliphatic hydroxyl groups excluding tert-OH is 1. The third kappa shape index (κ3) is 4.05. The Labute approximate surface area is 154 Å². The number of aromatic nitrogens is 2. The van der Waals surface area contributed by atoms with Gasteiger partial charge in [0.25, 0.3) is 0 Å². The van der Waals surface area contributed by atoms with Crippen molar-refractivity contribution >= 4 is 46.0 Å². The fourth-order valence-corrected chi connectivity index (χ4v) is 3.55. The number of hydrogen-bond donors (Lipinski definition) is 1. The molecule has 3 rings (SSSR count). The first-order valence-electron chi connectivity index (χ1n) is 7.39. The first-order chi connectivity index (χ1) is 11.7. The molecule has 0 unspecified atom stereocenters. The van der Waals surface area contributed by atoms with Crippen LogP contribution in [0.1, 0.15) is 5.56 Å². The number of thioether (sulfide) groups is 1. The fraction of sp³-hybridized carbons (Fsp3) is 0.235. The minimum atomic E-state index is -0.0221. The minimum Gasteiger partial charge on any atom is -0.394 e. The summed E-state index contributed by atoms with van der Waals surface area (Å²) >= 11 is 13.9. The Morgan fingerprint density at radius 1 is 1.12 bits per heavy atom. The van der Waals surface area contributed by atoms with Crippen LogP contribution < -0.4 is 0 Å². The molecule has 0 aliphatic heterocycles. The molecule has 0 amide bonds. The van der Waals surface area contributed by atoms with Crippen LogP contribution in [-0.2, 0) is 17.2 Å². The molecule has 0 aliphatic rings. The molecule has 126 valence electrons. The predicted octanol–water partition coefficient (Wildman–Crippen LogP) is 4.60. The van der Waals surface area contributed by atoms with E-state index in [9.17, 15) is 0 Å². The summed E-state index contributed by atoms with van der Waals surface area (Å²) < 4.78 is 7.43. The van der Waals surface area contributed by atoms with E-state index in [-0.39, 0.29) is 13.2 Å². The van der Waals surface area contributed by atoms with Crippen LogP contribution in [0.4, 0.5) is 0 Å². The molecule has 0 fully saturated rings. The van der Waals surface area contributed by atoms with Crippen LogP contribution >= 0.6 is 35.0 Å². The highest BCUT2D eigenvalue weighted by Gasteiger charge is 2.14. The lowest BCUT2D eigenvalue weighted by Gasteiger charge is -2.09. The molecule has 0 aliphatic carbocycles. The summed E-state index contributed by atoms with van der Waals surface area (Å²) in [6.07, 6.45) is 0. The van der Waals surface area contributed by atoms with Gasteiger partial charge in [0.2, 0.25) is 0 Å². The lowest BCUT2D eigenvalue weighted by Crippen LogP contribution is -2.07. The van der Waals surface area contributed by atoms with Crippen LogP contribution in [0.3, 0.4) is 0 Å². The van der Waals surface area contributed by atoms with Crippen LogP contribution in [0.5, 0.6) is 0 Å². The summed E-state index contributed by atoms with van der Waals surface area (Å²) in [5, 5.41) is 10.7. The van der Waals surface area contributed by atoms with E-state index in [0.717, 1.165) is 21.9 Å². The second-order valence-corrected chi connectivity index (χ2v) is 6.87. The molecule has 0 spiro atoms. The highest BCUT2D eigenvalue weighted by atomic mass is 35.5. The molecule has 3 aromatic rings. The Morgan fingerprint density at radius 2 is 1.88 bits per heavy atom. The van der Waals surface area contributed by atoms with Crippen molar-refractivity contribution in [3.63, 3.8) is 0 Å². The van der Waals surface area contributed by atoms with E-state index in [1.807, 2.05) is 22.8 Å². The Morgan fingerprint density at radius 3 is 2.62 bits per heavy atom. The number of halogens is 2. The van der Waals surface area contributed by atoms with Gasteiger partial charge >= 0.3 is 0 Å². The Hall–Kier alpha value is -1.24. The molecule has 24 heavy (non-hydrogen) atoms. The molecule has 2 aromatic carbocycles. The van der Waals surface area contributed by atoms with Gasteiger partial charge in [0.15, 0.2) is 5.16 Å². The summed E-state index contributed by atoms with van der Waals surface area (Å²) in [7, 11) is 0. The first kappa shape index (κ1) is 17.6. The fourth-order valence-electron chi connectivity index (χ4n) is 2.28.